The molecule has 3 N–H and O–H groups in total. The Morgan fingerprint density at radius 3 is 2.25 bits per heavy atom. The first-order valence-electron chi connectivity index (χ1n) is 19.9. The summed E-state index contributed by atoms with van der Waals surface area (Å²) in [6.45, 7) is 21.6. The van der Waals surface area contributed by atoms with Gasteiger partial charge in [-0.25, -0.2) is 0 Å². The Morgan fingerprint density at radius 2 is 1.65 bits per heavy atom. The van der Waals surface area contributed by atoms with Crippen LogP contribution in [0.3, 0.4) is 0 Å². The van der Waals surface area contributed by atoms with Crippen LogP contribution in [0.15, 0.2) is 0 Å². The van der Waals surface area contributed by atoms with Gasteiger partial charge < -0.3 is 34.3 Å². The molecule has 6 unspecified atom stereocenters. The van der Waals surface area contributed by atoms with Crippen molar-refractivity contribution in [2.75, 3.05) is 26.8 Å². The fourth-order valence-electron chi connectivity index (χ4n) is 13.8. The van der Waals surface area contributed by atoms with Crippen molar-refractivity contribution in [2.24, 2.45) is 50.7 Å². The summed E-state index contributed by atoms with van der Waals surface area (Å²) in [6.07, 6.45) is 7.22. The van der Waals surface area contributed by atoms with Gasteiger partial charge in [-0.1, -0.05) is 34.6 Å². The lowest BCUT2D eigenvalue weighted by Crippen LogP contribution is -2.61. The molecule has 10 heteroatoms. The lowest BCUT2D eigenvalue weighted by atomic mass is 9.41. The van der Waals surface area contributed by atoms with Crippen molar-refractivity contribution < 1.29 is 43.9 Å². The molecule has 292 valence electrons. The molecule has 6 fully saturated rings. The van der Waals surface area contributed by atoms with Crippen molar-refractivity contribution in [1.29, 1.82) is 0 Å². The number of hydrogen-bond donors (Lipinski definition) is 3. The minimum Gasteiger partial charge on any atom is -0.480 e. The van der Waals surface area contributed by atoms with Crippen LogP contribution < -0.4 is 0 Å². The van der Waals surface area contributed by atoms with Gasteiger partial charge in [0.1, 0.15) is 5.54 Å². The quantitative estimate of drug-likeness (QED) is 0.217. The number of esters is 1. The molecule has 0 aromatic heterocycles. The minimum atomic E-state index is -1.26. The van der Waals surface area contributed by atoms with E-state index in [4.69, 9.17) is 18.9 Å². The zero-order valence-electron chi connectivity index (χ0n) is 33.4. The highest BCUT2D eigenvalue weighted by molar-refractivity contribution is 5.77. The average molecular weight is 720 g/mol. The molecule has 6 rings (SSSR count). The number of morpholine rings is 1. The molecule has 1 heterocycles. The highest BCUT2D eigenvalue weighted by atomic mass is 16.7. The third kappa shape index (κ3) is 5.85. The molecule has 5 saturated carbocycles. The minimum absolute atomic E-state index is 0.0420. The van der Waals surface area contributed by atoms with E-state index >= 15 is 0 Å². The zero-order chi connectivity index (χ0) is 37.7. The number of fused-ring (bicyclic) bond motifs is 2. The first-order chi connectivity index (χ1) is 23.5. The Kier molecular flexibility index (Phi) is 9.96. The van der Waals surface area contributed by atoms with Gasteiger partial charge in [-0.2, -0.15) is 0 Å². The summed E-state index contributed by atoms with van der Waals surface area (Å²) in [5, 5.41) is 33.0. The molecular weight excluding hydrogens is 650 g/mol. The lowest BCUT2D eigenvalue weighted by molar-refractivity contribution is -0.254. The van der Waals surface area contributed by atoms with Gasteiger partial charge in [0.15, 0.2) is 12.4 Å². The van der Waals surface area contributed by atoms with E-state index in [-0.39, 0.29) is 51.1 Å². The monoisotopic (exact) mass is 719 g/mol. The van der Waals surface area contributed by atoms with E-state index in [2.05, 4.69) is 34.6 Å². The van der Waals surface area contributed by atoms with Crippen molar-refractivity contribution in [3.8, 4) is 0 Å². The summed E-state index contributed by atoms with van der Waals surface area (Å²) < 4.78 is 24.5. The van der Waals surface area contributed by atoms with Crippen LogP contribution in [-0.4, -0.2) is 101 Å². The Hall–Kier alpha value is -1.30. The number of carbonyl (C=O) groups excluding carboxylic acids is 1. The van der Waals surface area contributed by atoms with E-state index in [1.54, 1.807) is 34.8 Å². The molecule has 6 aliphatic rings. The number of carbonyl (C=O) groups is 2. The fraction of sp³-hybridized carbons (Fsp3) is 0.951. The summed E-state index contributed by atoms with van der Waals surface area (Å²) in [7, 11) is 1.63. The predicted octanol–water partition coefficient (Wildman–Crippen LogP) is 6.05. The SMILES string of the molecule is COC(C[C@@H](C)[C@H]1C[C@H](O)[C@@]2(C)C3CC[C@H]4C(C)(C)C(O[C@H]5CN(C(C)(C)C(=O)O)CCO5)CCC45CC35CCC12C)[C@H](OC(C)=O)C(C)(C)O. The van der Waals surface area contributed by atoms with E-state index in [1.165, 1.54) is 19.8 Å². The van der Waals surface area contributed by atoms with Crippen LogP contribution in [0.2, 0.25) is 0 Å². The van der Waals surface area contributed by atoms with Gasteiger partial charge in [0, 0.05) is 26.0 Å². The number of methoxy groups -OCH3 is 1. The summed E-state index contributed by atoms with van der Waals surface area (Å²) >= 11 is 0. The zero-order valence-corrected chi connectivity index (χ0v) is 33.4. The molecule has 0 radical (unpaired) electrons. The number of rotatable bonds is 11. The second kappa shape index (κ2) is 12.9. The number of hydrogen-bond acceptors (Lipinski definition) is 9. The molecule has 0 bridgehead atoms. The van der Waals surface area contributed by atoms with Crippen LogP contribution >= 0.6 is 0 Å². The molecule has 10 nitrogen and oxygen atoms in total. The molecule has 1 aliphatic heterocycles. The maximum Gasteiger partial charge on any atom is 0.323 e. The Balaban J connectivity index is 1.18. The van der Waals surface area contributed by atoms with Gasteiger partial charge >= 0.3 is 11.9 Å². The maximum atomic E-state index is 12.2. The molecule has 5 aliphatic carbocycles. The Bertz CT molecular complexity index is 1340. The summed E-state index contributed by atoms with van der Waals surface area (Å²) in [4.78, 5) is 26.0. The van der Waals surface area contributed by atoms with Crippen molar-refractivity contribution in [3.05, 3.63) is 0 Å². The smallest absolute Gasteiger partial charge is 0.323 e. The number of aliphatic hydroxyl groups excluding tert-OH is 1. The van der Waals surface area contributed by atoms with Gasteiger partial charge in [0.05, 0.1) is 37.1 Å². The third-order valence-corrected chi connectivity index (χ3v) is 16.8. The van der Waals surface area contributed by atoms with Gasteiger partial charge in [0.25, 0.3) is 0 Å². The van der Waals surface area contributed by atoms with Crippen molar-refractivity contribution in [3.63, 3.8) is 0 Å². The predicted molar refractivity (Wildman–Crippen MR) is 193 cm³/mol. The first-order valence-corrected chi connectivity index (χ1v) is 19.9. The van der Waals surface area contributed by atoms with Gasteiger partial charge in [-0.15, -0.1) is 0 Å². The molecule has 51 heavy (non-hydrogen) atoms. The summed E-state index contributed by atoms with van der Waals surface area (Å²) in [5.41, 5.74) is -2.03. The van der Waals surface area contributed by atoms with Gasteiger partial charge in [-0.05, 0) is 131 Å². The standard InChI is InChI=1S/C41H69NO9/c1-24(20-27(48-11)33(37(7,8)47)50-25(2)43)26-21-30(44)39(10)29-13-12-28-35(3,4)31(14-15-40(28)23-41(29,40)17-16-38(26,39)9)51-32-22-42(18-19-49-32)36(5,6)34(45)46/h24,26-33,44,47H,12-23H2,1-11H3,(H,45,46)/t24-,26-,27?,28+,29?,30+,31?,32+,33+,38?,39-,40?,41?/m1/s1. The van der Waals surface area contributed by atoms with Crippen LogP contribution in [0.1, 0.15) is 127 Å². The number of carboxylic acid groups (broad SMARTS) is 1. The van der Waals surface area contributed by atoms with Crippen molar-refractivity contribution in [2.45, 2.75) is 169 Å². The fourth-order valence-corrected chi connectivity index (χ4v) is 13.8. The first kappa shape index (κ1) is 39.4. The van der Waals surface area contributed by atoms with E-state index in [9.17, 15) is 24.9 Å². The maximum absolute atomic E-state index is 12.2. The summed E-state index contributed by atoms with van der Waals surface area (Å²) in [6, 6.07) is 0. The Morgan fingerprint density at radius 1 is 1.00 bits per heavy atom. The largest absolute Gasteiger partial charge is 0.480 e. The topological polar surface area (TPSA) is 135 Å². The molecular formula is C41H69NO9. The van der Waals surface area contributed by atoms with E-state index < -0.39 is 41.6 Å². The Labute approximate surface area is 306 Å². The number of carboxylic acids is 1. The normalized spacial score (nSPS) is 43.9. The second-order valence-corrected chi connectivity index (χ2v) is 20.0. The molecule has 2 spiro atoms. The van der Waals surface area contributed by atoms with Crippen LogP contribution in [0.5, 0.6) is 0 Å². The highest BCUT2D eigenvalue weighted by Gasteiger charge is 2.83. The van der Waals surface area contributed by atoms with E-state index in [0.29, 0.717) is 38.0 Å². The van der Waals surface area contributed by atoms with Gasteiger partial charge in [0.2, 0.25) is 0 Å². The molecule has 13 atom stereocenters. The molecule has 0 aromatic carbocycles. The van der Waals surface area contributed by atoms with Crippen LogP contribution in [-0.2, 0) is 28.5 Å². The van der Waals surface area contributed by atoms with Gasteiger partial charge in [-0.3, -0.25) is 14.5 Å². The van der Waals surface area contributed by atoms with Crippen LogP contribution in [0.4, 0.5) is 0 Å². The number of aliphatic hydroxyl groups is 2. The number of aliphatic carboxylic acids is 1. The molecule has 0 aromatic rings. The van der Waals surface area contributed by atoms with Crippen LogP contribution in [0.25, 0.3) is 0 Å². The molecule has 1 saturated heterocycles. The van der Waals surface area contributed by atoms with Crippen LogP contribution in [0, 0.1) is 50.7 Å². The van der Waals surface area contributed by atoms with Crippen molar-refractivity contribution >= 4 is 11.9 Å². The van der Waals surface area contributed by atoms with Crippen molar-refractivity contribution in [1.82, 2.24) is 4.90 Å². The van der Waals surface area contributed by atoms with E-state index in [1.807, 2.05) is 4.90 Å². The number of ether oxygens (including phenoxy) is 4. The summed E-state index contributed by atoms with van der Waals surface area (Å²) in [5.74, 6) is 0.192. The average Bonchev–Trinajstić information content (AvgIpc) is 3.66. The van der Waals surface area contributed by atoms with E-state index in [0.717, 1.165) is 38.5 Å². The number of nitrogens with zero attached hydrogens (tertiary/aromatic N) is 1. The lowest BCUT2D eigenvalue weighted by Gasteiger charge is -2.64. The highest BCUT2D eigenvalue weighted by Crippen LogP contribution is 2.89. The molecule has 0 amide bonds. The third-order valence-electron chi connectivity index (χ3n) is 16.8. The second-order valence-electron chi connectivity index (χ2n) is 20.0.